The first-order chi connectivity index (χ1) is 11.4. The van der Waals surface area contributed by atoms with E-state index < -0.39 is 12.1 Å². The Morgan fingerprint density at radius 2 is 1.75 bits per heavy atom. The highest BCUT2D eigenvalue weighted by atomic mass is 79.9. The van der Waals surface area contributed by atoms with E-state index in [1.54, 1.807) is 0 Å². The summed E-state index contributed by atoms with van der Waals surface area (Å²) >= 11 is 16.6. The third kappa shape index (κ3) is 5.31. The van der Waals surface area contributed by atoms with Crippen molar-refractivity contribution in [3.05, 3.63) is 61.4 Å². The van der Waals surface area contributed by atoms with E-state index in [1.165, 1.54) is 6.92 Å². The molecule has 0 fully saturated rings. The van der Waals surface area contributed by atoms with Gasteiger partial charge in [0, 0.05) is 20.3 Å². The maximum Gasteiger partial charge on any atom is 0.303 e. The molecule has 0 saturated carbocycles. The fraction of sp³-hybridized carbons (Fsp3) is 0.125. The molecule has 0 aliphatic carbocycles. The van der Waals surface area contributed by atoms with Crippen molar-refractivity contribution in [2.75, 3.05) is 5.43 Å². The maximum absolute atomic E-state index is 11.4. The fourth-order valence-electron chi connectivity index (χ4n) is 1.86. The number of hydrazone groups is 1. The van der Waals surface area contributed by atoms with Gasteiger partial charge in [-0.3, -0.25) is 10.2 Å². The van der Waals surface area contributed by atoms with Crippen LogP contribution in [0.5, 0.6) is 0 Å². The lowest BCUT2D eigenvalue weighted by Gasteiger charge is -2.16. The number of esters is 1. The van der Waals surface area contributed by atoms with Crippen molar-refractivity contribution in [3.8, 4) is 0 Å². The molecule has 0 aliphatic heterocycles. The number of carbonyl (C=O) groups excluding carboxylic acids is 1. The Bertz CT molecular complexity index is 746. The van der Waals surface area contributed by atoms with Crippen LogP contribution >= 0.6 is 59.4 Å². The smallest absolute Gasteiger partial charge is 0.303 e. The van der Waals surface area contributed by atoms with E-state index in [9.17, 15) is 4.79 Å². The Morgan fingerprint density at radius 3 is 2.29 bits per heavy atom. The number of anilines is 1. The average molecular weight is 539 g/mol. The van der Waals surface area contributed by atoms with Gasteiger partial charge in [0.25, 0.3) is 0 Å². The molecule has 0 aliphatic rings. The molecule has 126 valence electrons. The maximum atomic E-state index is 11.4. The third-order valence-corrected chi connectivity index (χ3v) is 4.88. The van der Waals surface area contributed by atoms with Gasteiger partial charge in [-0.05, 0) is 49.6 Å². The number of benzene rings is 2. The molecular formula is C16H12Br3ClN2O2. The molecule has 2 rings (SSSR count). The Morgan fingerprint density at radius 1 is 1.17 bits per heavy atom. The molecule has 1 unspecified atom stereocenters. The summed E-state index contributed by atoms with van der Waals surface area (Å²) in [6.45, 7) is 1.33. The first kappa shape index (κ1) is 19.4. The monoisotopic (exact) mass is 536 g/mol. The Labute approximate surface area is 170 Å². The number of rotatable bonds is 5. The third-order valence-electron chi connectivity index (χ3n) is 2.88. The highest BCUT2D eigenvalue weighted by molar-refractivity contribution is 9.11. The van der Waals surface area contributed by atoms with Crippen molar-refractivity contribution in [3.63, 3.8) is 0 Å². The summed E-state index contributed by atoms with van der Waals surface area (Å²) in [5.74, 6) is -0.441. The van der Waals surface area contributed by atoms with E-state index in [4.69, 9.17) is 16.3 Å². The summed E-state index contributed by atoms with van der Waals surface area (Å²) in [6, 6.07) is 12.9. The summed E-state index contributed by atoms with van der Waals surface area (Å²) in [7, 11) is 0. The van der Waals surface area contributed by atoms with Gasteiger partial charge in [-0.25, -0.2) is 0 Å². The molecule has 1 atom stereocenters. The minimum atomic E-state index is -0.772. The summed E-state index contributed by atoms with van der Waals surface area (Å²) in [4.78, 5) is 11.4. The Kier molecular flexibility index (Phi) is 7.28. The number of nitrogens with zero attached hydrogens (tertiary/aromatic N) is 1. The molecule has 2 aromatic rings. The topological polar surface area (TPSA) is 50.7 Å². The molecule has 24 heavy (non-hydrogen) atoms. The molecule has 0 saturated heterocycles. The summed E-state index contributed by atoms with van der Waals surface area (Å²) < 4.78 is 7.78. The van der Waals surface area contributed by atoms with Crippen LogP contribution in [0.25, 0.3) is 0 Å². The molecule has 0 spiro atoms. The minimum Gasteiger partial charge on any atom is -0.450 e. The van der Waals surface area contributed by atoms with Gasteiger partial charge in [-0.15, -0.1) is 0 Å². The lowest BCUT2D eigenvalue weighted by Crippen LogP contribution is -2.16. The largest absolute Gasteiger partial charge is 0.450 e. The van der Waals surface area contributed by atoms with Gasteiger partial charge in [-0.2, -0.15) is 5.10 Å². The molecule has 0 radical (unpaired) electrons. The van der Waals surface area contributed by atoms with Crippen LogP contribution in [-0.2, 0) is 9.53 Å². The van der Waals surface area contributed by atoms with E-state index in [2.05, 4.69) is 58.3 Å². The number of carbonyl (C=O) groups is 1. The van der Waals surface area contributed by atoms with Crippen molar-refractivity contribution in [2.45, 2.75) is 13.0 Å². The first-order valence-electron chi connectivity index (χ1n) is 6.74. The van der Waals surface area contributed by atoms with Gasteiger partial charge in [0.2, 0.25) is 0 Å². The van der Waals surface area contributed by atoms with E-state index in [0.717, 1.165) is 19.0 Å². The van der Waals surface area contributed by atoms with Crippen molar-refractivity contribution in [1.29, 1.82) is 0 Å². The number of nitrogens with one attached hydrogen (secondary N) is 1. The van der Waals surface area contributed by atoms with E-state index in [0.29, 0.717) is 5.69 Å². The van der Waals surface area contributed by atoms with Crippen LogP contribution in [0.15, 0.2) is 61.0 Å². The van der Waals surface area contributed by atoms with Crippen molar-refractivity contribution in [2.24, 2.45) is 5.10 Å². The minimum absolute atomic E-state index is 0.109. The summed E-state index contributed by atoms with van der Waals surface area (Å²) in [6.07, 6.45) is -0.772. The van der Waals surface area contributed by atoms with Gasteiger partial charge in [0.1, 0.15) is 0 Å². The molecule has 2 aromatic carbocycles. The lowest BCUT2D eigenvalue weighted by atomic mass is 10.1. The Hall–Kier alpha value is -0.890. The van der Waals surface area contributed by atoms with E-state index in [1.807, 2.05) is 42.5 Å². The molecule has 0 aromatic heterocycles. The number of halogens is 4. The van der Waals surface area contributed by atoms with Crippen LogP contribution in [0.4, 0.5) is 5.69 Å². The molecule has 0 amide bonds. The standard InChI is InChI=1S/C16H12Br3ClN2O2/c1-9(23)24-15(10-5-3-2-4-6-10)16(20)22-21-14-12(18)7-11(17)8-13(14)19/h2-8,15,21H,1H3/b22-16-. The molecule has 4 nitrogen and oxygen atoms in total. The first-order valence-corrected chi connectivity index (χ1v) is 9.50. The van der Waals surface area contributed by atoms with E-state index >= 15 is 0 Å². The van der Waals surface area contributed by atoms with Crippen molar-refractivity contribution >= 4 is 76.2 Å². The quantitative estimate of drug-likeness (QED) is 0.278. The van der Waals surface area contributed by atoms with Crippen LogP contribution in [0.1, 0.15) is 18.6 Å². The van der Waals surface area contributed by atoms with Gasteiger partial charge in [0.05, 0.1) is 5.69 Å². The van der Waals surface area contributed by atoms with Crippen LogP contribution < -0.4 is 5.43 Å². The number of hydrogen-bond acceptors (Lipinski definition) is 4. The van der Waals surface area contributed by atoms with Gasteiger partial charge < -0.3 is 4.74 Å². The average Bonchev–Trinajstić information content (AvgIpc) is 2.52. The molecule has 0 heterocycles. The van der Waals surface area contributed by atoms with Crippen LogP contribution in [0, 0.1) is 0 Å². The highest BCUT2D eigenvalue weighted by Crippen LogP contribution is 2.34. The van der Waals surface area contributed by atoms with Crippen molar-refractivity contribution < 1.29 is 9.53 Å². The van der Waals surface area contributed by atoms with E-state index in [-0.39, 0.29) is 5.17 Å². The zero-order valence-corrected chi connectivity index (χ0v) is 17.9. The highest BCUT2D eigenvalue weighted by Gasteiger charge is 2.20. The van der Waals surface area contributed by atoms with Crippen molar-refractivity contribution in [1.82, 2.24) is 0 Å². The van der Waals surface area contributed by atoms with Gasteiger partial charge in [-0.1, -0.05) is 57.9 Å². The molecule has 1 N–H and O–H groups in total. The second kappa shape index (κ2) is 8.99. The lowest BCUT2D eigenvalue weighted by molar-refractivity contribution is -0.143. The zero-order valence-electron chi connectivity index (χ0n) is 12.4. The number of ether oxygens (including phenoxy) is 1. The number of hydrogen-bond donors (Lipinski definition) is 1. The van der Waals surface area contributed by atoms with Gasteiger partial charge in [0.15, 0.2) is 11.3 Å². The summed E-state index contributed by atoms with van der Waals surface area (Å²) in [5, 5.41) is 4.26. The Balaban J connectivity index is 2.28. The second-order valence-electron chi connectivity index (χ2n) is 4.69. The fourth-order valence-corrected chi connectivity index (χ4v) is 4.51. The van der Waals surface area contributed by atoms with Crippen LogP contribution in [0.3, 0.4) is 0 Å². The predicted octanol–water partition coefficient (Wildman–Crippen LogP) is 6.24. The molecular weight excluding hydrogens is 527 g/mol. The zero-order chi connectivity index (χ0) is 17.7. The van der Waals surface area contributed by atoms with Gasteiger partial charge >= 0.3 is 5.97 Å². The predicted molar refractivity (Wildman–Crippen MR) is 107 cm³/mol. The molecule has 0 bridgehead atoms. The molecule has 8 heteroatoms. The normalized spacial score (nSPS) is 12.6. The SMILES string of the molecule is CC(=O)OC(/C(Cl)=N/Nc1c(Br)cc(Br)cc1Br)c1ccccc1. The van der Waals surface area contributed by atoms with Crippen LogP contribution in [-0.4, -0.2) is 11.1 Å². The second-order valence-corrected chi connectivity index (χ2v) is 7.70. The summed E-state index contributed by atoms with van der Waals surface area (Å²) in [5.41, 5.74) is 4.32. The van der Waals surface area contributed by atoms with Crippen LogP contribution in [0.2, 0.25) is 0 Å².